The van der Waals surface area contributed by atoms with Gasteiger partial charge in [-0.2, -0.15) is 0 Å². The summed E-state index contributed by atoms with van der Waals surface area (Å²) in [4.78, 5) is 37.6. The van der Waals surface area contributed by atoms with Crippen molar-refractivity contribution in [1.82, 2.24) is 19.9 Å². The van der Waals surface area contributed by atoms with Gasteiger partial charge in [-0.1, -0.05) is 6.07 Å². The number of fused-ring (bicyclic) bond motifs is 1. The average molecular weight is 350 g/mol. The summed E-state index contributed by atoms with van der Waals surface area (Å²) >= 11 is 0. The van der Waals surface area contributed by atoms with Crippen LogP contribution in [0.4, 0.5) is 0 Å². The van der Waals surface area contributed by atoms with Crippen LogP contribution in [0.3, 0.4) is 0 Å². The van der Waals surface area contributed by atoms with Crippen LogP contribution in [-0.4, -0.2) is 45.5 Å². The number of rotatable bonds is 2. The van der Waals surface area contributed by atoms with Gasteiger partial charge >= 0.3 is 0 Å². The number of H-pyrrole nitrogens is 1. The summed E-state index contributed by atoms with van der Waals surface area (Å²) < 4.78 is 5.74. The Kier molecular flexibility index (Phi) is 4.22. The highest BCUT2D eigenvalue weighted by molar-refractivity contribution is 5.98. The van der Waals surface area contributed by atoms with E-state index in [1.54, 1.807) is 24.1 Å². The van der Waals surface area contributed by atoms with Crippen LogP contribution in [0.1, 0.15) is 28.0 Å². The topological polar surface area (TPSA) is 88.2 Å². The maximum absolute atomic E-state index is 12.9. The lowest BCUT2D eigenvalue weighted by atomic mass is 10.1. The molecule has 1 aliphatic rings. The lowest BCUT2D eigenvalue weighted by Gasteiger charge is -2.32. The zero-order chi connectivity index (χ0) is 18.1. The molecule has 26 heavy (non-hydrogen) atoms. The normalized spacial score (nSPS) is 17.4. The number of amides is 1. The molecular formula is C19H18N4O3. The van der Waals surface area contributed by atoms with E-state index in [2.05, 4.69) is 15.0 Å². The minimum Gasteiger partial charge on any atom is -0.368 e. The number of morpholine rings is 1. The maximum atomic E-state index is 12.9. The lowest BCUT2D eigenvalue weighted by molar-refractivity contribution is -0.0248. The van der Waals surface area contributed by atoms with Crippen LogP contribution in [0, 0.1) is 6.92 Å². The monoisotopic (exact) mass is 350 g/mol. The molecule has 0 saturated carbocycles. The predicted octanol–water partition coefficient (Wildman–Crippen LogP) is 1.84. The number of pyridine rings is 1. The van der Waals surface area contributed by atoms with Gasteiger partial charge in [0.2, 0.25) is 0 Å². The van der Waals surface area contributed by atoms with E-state index in [0.29, 0.717) is 36.8 Å². The molecule has 7 nitrogen and oxygen atoms in total. The molecule has 1 N–H and O–H groups in total. The fourth-order valence-corrected chi connectivity index (χ4v) is 3.17. The molecule has 1 amide bonds. The van der Waals surface area contributed by atoms with Crippen LogP contribution in [-0.2, 0) is 4.74 Å². The molecule has 3 heterocycles. The number of hydrogen-bond donors (Lipinski definition) is 1. The van der Waals surface area contributed by atoms with Gasteiger partial charge in [-0.15, -0.1) is 0 Å². The number of ether oxygens (including phenoxy) is 1. The first-order valence-corrected chi connectivity index (χ1v) is 8.44. The van der Waals surface area contributed by atoms with Crippen LogP contribution in [0.15, 0.2) is 47.4 Å². The Morgan fingerprint density at radius 3 is 3.04 bits per heavy atom. The van der Waals surface area contributed by atoms with E-state index >= 15 is 0 Å². The number of carbonyl (C=O) groups is 1. The Labute approximate surface area is 149 Å². The first-order chi connectivity index (χ1) is 12.6. The Morgan fingerprint density at radius 1 is 1.31 bits per heavy atom. The Morgan fingerprint density at radius 2 is 2.19 bits per heavy atom. The van der Waals surface area contributed by atoms with Gasteiger partial charge in [0.05, 0.1) is 24.4 Å². The van der Waals surface area contributed by atoms with Gasteiger partial charge in [-0.05, 0) is 31.2 Å². The SMILES string of the molecule is Cc1nc(C2CN(C(=O)c3ccc4ncccc4c3)CCO2)cc(=O)[nH]1. The third-order valence-electron chi connectivity index (χ3n) is 4.41. The van der Waals surface area contributed by atoms with Gasteiger partial charge < -0.3 is 14.6 Å². The molecule has 1 aromatic carbocycles. The van der Waals surface area contributed by atoms with E-state index in [-0.39, 0.29) is 11.5 Å². The van der Waals surface area contributed by atoms with Crippen molar-refractivity contribution in [2.24, 2.45) is 0 Å². The zero-order valence-electron chi connectivity index (χ0n) is 14.3. The standard InChI is InChI=1S/C19H18N4O3/c1-12-21-16(10-18(24)22-12)17-11-23(7-8-26-17)19(25)14-4-5-15-13(9-14)3-2-6-20-15/h2-6,9-10,17H,7-8,11H2,1H3,(H,21,22,24). The second-order valence-electron chi connectivity index (χ2n) is 6.28. The van der Waals surface area contributed by atoms with Gasteiger partial charge in [-0.3, -0.25) is 14.6 Å². The van der Waals surface area contributed by atoms with E-state index < -0.39 is 6.10 Å². The smallest absolute Gasteiger partial charge is 0.254 e. The minimum atomic E-state index is -0.407. The van der Waals surface area contributed by atoms with Crippen molar-refractivity contribution in [2.45, 2.75) is 13.0 Å². The van der Waals surface area contributed by atoms with Crippen LogP contribution >= 0.6 is 0 Å². The molecule has 2 aromatic heterocycles. The number of aromatic nitrogens is 3. The van der Waals surface area contributed by atoms with Crippen LogP contribution < -0.4 is 5.56 Å². The fraction of sp³-hybridized carbons (Fsp3) is 0.263. The van der Waals surface area contributed by atoms with E-state index in [0.717, 1.165) is 10.9 Å². The van der Waals surface area contributed by atoms with Crippen molar-refractivity contribution in [3.05, 3.63) is 70.0 Å². The molecule has 1 aliphatic heterocycles. The van der Waals surface area contributed by atoms with E-state index in [9.17, 15) is 9.59 Å². The number of carbonyl (C=O) groups excluding carboxylic acids is 1. The summed E-state index contributed by atoms with van der Waals surface area (Å²) in [6, 6.07) is 10.7. The molecule has 7 heteroatoms. The molecule has 1 unspecified atom stereocenters. The van der Waals surface area contributed by atoms with Crippen LogP contribution in [0.25, 0.3) is 10.9 Å². The molecule has 3 aromatic rings. The Balaban J connectivity index is 1.58. The van der Waals surface area contributed by atoms with Crippen LogP contribution in [0.5, 0.6) is 0 Å². The van der Waals surface area contributed by atoms with Crippen molar-refractivity contribution in [1.29, 1.82) is 0 Å². The molecule has 0 aliphatic carbocycles. The van der Waals surface area contributed by atoms with Gasteiger partial charge in [0.1, 0.15) is 11.9 Å². The summed E-state index contributed by atoms with van der Waals surface area (Å²) in [5.41, 5.74) is 1.79. The number of nitrogens with one attached hydrogen (secondary N) is 1. The highest BCUT2D eigenvalue weighted by atomic mass is 16.5. The lowest BCUT2D eigenvalue weighted by Crippen LogP contribution is -2.42. The van der Waals surface area contributed by atoms with Crippen molar-refractivity contribution < 1.29 is 9.53 Å². The highest BCUT2D eigenvalue weighted by Gasteiger charge is 2.27. The van der Waals surface area contributed by atoms with Gasteiger partial charge in [0.25, 0.3) is 11.5 Å². The second-order valence-corrected chi connectivity index (χ2v) is 6.28. The number of nitrogens with zero attached hydrogens (tertiary/aromatic N) is 3. The zero-order valence-corrected chi connectivity index (χ0v) is 14.3. The Hall–Kier alpha value is -3.06. The second kappa shape index (κ2) is 6.68. The third kappa shape index (κ3) is 3.21. The summed E-state index contributed by atoms with van der Waals surface area (Å²) in [6.07, 6.45) is 1.32. The van der Waals surface area contributed by atoms with E-state index in [1.165, 1.54) is 6.07 Å². The fourth-order valence-electron chi connectivity index (χ4n) is 3.17. The summed E-state index contributed by atoms with van der Waals surface area (Å²) in [7, 11) is 0. The first kappa shape index (κ1) is 16.4. The minimum absolute atomic E-state index is 0.0642. The largest absolute Gasteiger partial charge is 0.368 e. The van der Waals surface area contributed by atoms with Gasteiger partial charge in [0.15, 0.2) is 0 Å². The highest BCUT2D eigenvalue weighted by Crippen LogP contribution is 2.22. The van der Waals surface area contributed by atoms with Crippen molar-refractivity contribution >= 4 is 16.8 Å². The van der Waals surface area contributed by atoms with Crippen LogP contribution in [0.2, 0.25) is 0 Å². The molecule has 132 valence electrons. The molecular weight excluding hydrogens is 332 g/mol. The molecule has 0 radical (unpaired) electrons. The van der Waals surface area contributed by atoms with Crippen molar-refractivity contribution in [3.8, 4) is 0 Å². The van der Waals surface area contributed by atoms with E-state index in [4.69, 9.17) is 4.74 Å². The first-order valence-electron chi connectivity index (χ1n) is 8.44. The summed E-state index contributed by atoms with van der Waals surface area (Å²) in [5.74, 6) is 0.465. The molecule has 1 atom stereocenters. The number of aryl methyl sites for hydroxylation is 1. The van der Waals surface area contributed by atoms with E-state index in [1.807, 2.05) is 24.3 Å². The maximum Gasteiger partial charge on any atom is 0.254 e. The average Bonchev–Trinajstić information content (AvgIpc) is 2.66. The quantitative estimate of drug-likeness (QED) is 0.762. The molecule has 1 fully saturated rings. The number of hydrogen-bond acceptors (Lipinski definition) is 5. The number of benzene rings is 1. The Bertz CT molecular complexity index is 1030. The van der Waals surface area contributed by atoms with Gasteiger partial charge in [0, 0.05) is 29.8 Å². The predicted molar refractivity (Wildman–Crippen MR) is 95.9 cm³/mol. The number of aromatic amines is 1. The third-order valence-corrected chi connectivity index (χ3v) is 4.41. The van der Waals surface area contributed by atoms with Crippen molar-refractivity contribution in [2.75, 3.05) is 19.7 Å². The molecule has 0 bridgehead atoms. The van der Waals surface area contributed by atoms with Crippen molar-refractivity contribution in [3.63, 3.8) is 0 Å². The van der Waals surface area contributed by atoms with Gasteiger partial charge in [-0.25, -0.2) is 4.98 Å². The summed E-state index contributed by atoms with van der Waals surface area (Å²) in [5, 5.41) is 0.926. The molecule has 1 saturated heterocycles. The summed E-state index contributed by atoms with van der Waals surface area (Å²) in [6.45, 7) is 2.99. The molecule has 4 rings (SSSR count). The molecule has 0 spiro atoms.